The van der Waals surface area contributed by atoms with Gasteiger partial charge in [-0.15, -0.1) is 5.73 Å². The molecule has 3 heteroatoms. The van der Waals surface area contributed by atoms with E-state index in [1.165, 1.54) is 0 Å². The van der Waals surface area contributed by atoms with E-state index in [4.69, 9.17) is 5.73 Å². The Morgan fingerprint density at radius 1 is 1.20 bits per heavy atom. The smallest absolute Gasteiger partial charge is 0.225 e. The van der Waals surface area contributed by atoms with Crippen LogP contribution in [-0.2, 0) is 9.59 Å². The van der Waals surface area contributed by atoms with Gasteiger partial charge in [-0.3, -0.25) is 9.59 Å². The predicted molar refractivity (Wildman–Crippen MR) is 103 cm³/mol. The van der Waals surface area contributed by atoms with Gasteiger partial charge in [-0.2, -0.15) is 0 Å². The number of nitrogens with two attached hydrogens (primary N) is 1. The van der Waals surface area contributed by atoms with E-state index in [1.54, 1.807) is 0 Å². The summed E-state index contributed by atoms with van der Waals surface area (Å²) in [5.74, 6) is -0.650. The number of amides is 1. The molecular weight excluding hydrogens is 310 g/mol. The van der Waals surface area contributed by atoms with Gasteiger partial charge in [0.05, 0.1) is 5.92 Å². The number of Topliss-reactive ketones (excluding diaryl/α,β-unsaturated/α-hetero) is 1. The van der Waals surface area contributed by atoms with Crippen LogP contribution < -0.4 is 5.73 Å². The third kappa shape index (κ3) is 6.56. The summed E-state index contributed by atoms with van der Waals surface area (Å²) >= 11 is 0. The van der Waals surface area contributed by atoms with Crippen LogP contribution in [0, 0.1) is 5.92 Å². The minimum atomic E-state index is -0.389. The van der Waals surface area contributed by atoms with Crippen LogP contribution in [0.2, 0.25) is 0 Å². The van der Waals surface area contributed by atoms with Gasteiger partial charge < -0.3 is 5.73 Å². The molecule has 1 amide bonds. The van der Waals surface area contributed by atoms with Gasteiger partial charge in [0.1, 0.15) is 0 Å². The third-order valence-electron chi connectivity index (χ3n) is 4.45. The van der Waals surface area contributed by atoms with Crippen LogP contribution >= 0.6 is 0 Å². The molecule has 2 N–H and O–H groups in total. The van der Waals surface area contributed by atoms with Gasteiger partial charge >= 0.3 is 0 Å². The van der Waals surface area contributed by atoms with Crippen molar-refractivity contribution in [1.29, 1.82) is 0 Å². The maximum Gasteiger partial charge on any atom is 0.225 e. The van der Waals surface area contributed by atoms with Crippen LogP contribution in [0.15, 0.2) is 60.4 Å². The Labute approximate surface area is 151 Å². The molecular formula is C22H29NO2. The summed E-state index contributed by atoms with van der Waals surface area (Å²) in [5, 5.41) is 0. The van der Waals surface area contributed by atoms with Crippen molar-refractivity contribution in [3.05, 3.63) is 65.9 Å². The molecule has 0 aliphatic rings. The Balaban J connectivity index is 2.67. The fourth-order valence-corrected chi connectivity index (χ4v) is 2.92. The average Bonchev–Trinajstić information content (AvgIpc) is 2.60. The monoisotopic (exact) mass is 339 g/mol. The van der Waals surface area contributed by atoms with Crippen molar-refractivity contribution < 1.29 is 9.59 Å². The van der Waals surface area contributed by atoms with Gasteiger partial charge in [0, 0.05) is 11.5 Å². The van der Waals surface area contributed by atoms with Gasteiger partial charge in [0.2, 0.25) is 5.91 Å². The zero-order valence-corrected chi connectivity index (χ0v) is 15.4. The first-order chi connectivity index (χ1) is 11.9. The fraction of sp³-hybridized carbons (Fsp3) is 0.409. The molecule has 0 aliphatic carbocycles. The summed E-state index contributed by atoms with van der Waals surface area (Å²) in [6.45, 7) is 11.7. The van der Waals surface area contributed by atoms with E-state index in [-0.39, 0.29) is 23.5 Å². The van der Waals surface area contributed by atoms with E-state index < -0.39 is 0 Å². The number of hydrogen-bond acceptors (Lipinski definition) is 2. The van der Waals surface area contributed by atoms with E-state index in [2.05, 4.69) is 25.8 Å². The van der Waals surface area contributed by atoms with Gasteiger partial charge in [-0.1, -0.05) is 69.3 Å². The lowest BCUT2D eigenvalue weighted by Crippen LogP contribution is -2.22. The molecule has 0 saturated heterocycles. The Morgan fingerprint density at radius 3 is 2.36 bits per heavy atom. The zero-order valence-electron chi connectivity index (χ0n) is 15.4. The molecule has 0 fully saturated rings. The summed E-state index contributed by atoms with van der Waals surface area (Å²) in [7, 11) is 0. The van der Waals surface area contributed by atoms with Crippen molar-refractivity contribution >= 4 is 11.7 Å². The van der Waals surface area contributed by atoms with E-state index in [9.17, 15) is 9.59 Å². The molecule has 134 valence electrons. The lowest BCUT2D eigenvalue weighted by Gasteiger charge is -2.16. The normalized spacial score (nSPS) is 12.7. The molecule has 0 heterocycles. The van der Waals surface area contributed by atoms with Gasteiger partial charge in [-0.25, -0.2) is 0 Å². The molecule has 1 unspecified atom stereocenters. The lowest BCUT2D eigenvalue weighted by molar-refractivity contribution is -0.120. The number of benzene rings is 1. The lowest BCUT2D eigenvalue weighted by atomic mass is 9.88. The Bertz CT molecular complexity index is 654. The van der Waals surface area contributed by atoms with E-state index in [0.29, 0.717) is 24.8 Å². The first-order valence-electron chi connectivity index (χ1n) is 8.84. The van der Waals surface area contributed by atoms with Crippen LogP contribution in [0.3, 0.4) is 0 Å². The number of hydrogen-bond donors (Lipinski definition) is 1. The SMILES string of the molecule is C=C=C(CCC(=C)C[C@H](C(N)=O)c1ccccc1)C(=O)C(C)CCC. The fourth-order valence-electron chi connectivity index (χ4n) is 2.92. The average molecular weight is 339 g/mol. The van der Waals surface area contributed by atoms with Gasteiger partial charge in [-0.05, 0) is 31.2 Å². The van der Waals surface area contributed by atoms with Gasteiger partial charge in [0.25, 0.3) is 0 Å². The van der Waals surface area contributed by atoms with Crippen LogP contribution in [0.5, 0.6) is 0 Å². The molecule has 25 heavy (non-hydrogen) atoms. The minimum Gasteiger partial charge on any atom is -0.369 e. The van der Waals surface area contributed by atoms with Crippen molar-refractivity contribution in [2.75, 3.05) is 0 Å². The zero-order chi connectivity index (χ0) is 18.8. The van der Waals surface area contributed by atoms with Crippen molar-refractivity contribution in [2.45, 2.75) is 51.9 Å². The largest absolute Gasteiger partial charge is 0.369 e. The van der Waals surface area contributed by atoms with Crippen molar-refractivity contribution in [3.8, 4) is 0 Å². The summed E-state index contributed by atoms with van der Waals surface area (Å²) in [6, 6.07) is 9.48. The molecule has 1 aromatic rings. The Morgan fingerprint density at radius 2 is 1.84 bits per heavy atom. The number of ketones is 1. The number of allylic oxidation sites excluding steroid dienone is 2. The topological polar surface area (TPSA) is 60.2 Å². The Kier molecular flexibility index (Phi) is 8.66. The number of carbonyl (C=O) groups excluding carboxylic acids is 2. The highest BCUT2D eigenvalue weighted by Crippen LogP contribution is 2.26. The highest BCUT2D eigenvalue weighted by Gasteiger charge is 2.20. The molecule has 0 radical (unpaired) electrons. The highest BCUT2D eigenvalue weighted by molar-refractivity contribution is 5.96. The van der Waals surface area contributed by atoms with Crippen LogP contribution in [0.4, 0.5) is 0 Å². The molecule has 0 aliphatic heterocycles. The molecule has 3 nitrogen and oxygen atoms in total. The maximum absolute atomic E-state index is 12.4. The molecule has 2 atom stereocenters. The van der Waals surface area contributed by atoms with Gasteiger partial charge in [0.15, 0.2) is 5.78 Å². The van der Waals surface area contributed by atoms with E-state index in [0.717, 1.165) is 24.0 Å². The second kappa shape index (κ2) is 10.5. The number of primary amides is 1. The minimum absolute atomic E-state index is 0.00907. The van der Waals surface area contributed by atoms with E-state index >= 15 is 0 Å². The second-order valence-electron chi connectivity index (χ2n) is 6.53. The quantitative estimate of drug-likeness (QED) is 0.361. The number of rotatable bonds is 11. The van der Waals surface area contributed by atoms with Crippen LogP contribution in [-0.4, -0.2) is 11.7 Å². The first kappa shape index (κ1) is 20.7. The summed E-state index contributed by atoms with van der Waals surface area (Å²) in [6.07, 6.45) is 3.50. The summed E-state index contributed by atoms with van der Waals surface area (Å²) in [5.41, 5.74) is 10.8. The van der Waals surface area contributed by atoms with Crippen LogP contribution in [0.25, 0.3) is 0 Å². The summed E-state index contributed by atoms with van der Waals surface area (Å²) < 4.78 is 0. The molecule has 0 bridgehead atoms. The molecule has 0 aromatic heterocycles. The van der Waals surface area contributed by atoms with Crippen molar-refractivity contribution in [3.63, 3.8) is 0 Å². The summed E-state index contributed by atoms with van der Waals surface area (Å²) in [4.78, 5) is 24.2. The molecule has 0 spiro atoms. The molecule has 0 saturated carbocycles. The van der Waals surface area contributed by atoms with E-state index in [1.807, 2.05) is 37.3 Å². The van der Waals surface area contributed by atoms with Crippen molar-refractivity contribution in [1.82, 2.24) is 0 Å². The van der Waals surface area contributed by atoms with Crippen molar-refractivity contribution in [2.24, 2.45) is 11.7 Å². The first-order valence-corrected chi connectivity index (χ1v) is 8.84. The standard InChI is InChI=1S/C22H29NO2/c1-5-10-17(4)21(24)18(6-2)14-13-16(3)15-20(22(23)25)19-11-8-7-9-12-19/h7-9,11-12,17,20H,2-3,5,10,13-15H2,1,4H3,(H2,23,25)/t17?,20-/m0/s1. The Hall–Kier alpha value is -2.38. The molecule has 1 rings (SSSR count). The second-order valence-corrected chi connectivity index (χ2v) is 6.53. The van der Waals surface area contributed by atoms with Crippen LogP contribution in [0.1, 0.15) is 57.4 Å². The molecule has 1 aromatic carbocycles. The predicted octanol–water partition coefficient (Wildman–Crippen LogP) is 4.70. The third-order valence-corrected chi connectivity index (χ3v) is 4.45. The number of carbonyl (C=O) groups is 2. The highest BCUT2D eigenvalue weighted by atomic mass is 16.1. The maximum atomic E-state index is 12.4.